The third kappa shape index (κ3) is 4.11. The van der Waals surface area contributed by atoms with Gasteiger partial charge in [0, 0.05) is 21.1 Å². The smallest absolute Gasteiger partial charge is 0.234 e. The van der Waals surface area contributed by atoms with Gasteiger partial charge in [0.1, 0.15) is 16.2 Å². The van der Waals surface area contributed by atoms with Gasteiger partial charge < -0.3 is 5.32 Å². The number of thiophene rings is 1. The number of aromatic nitrogens is 2. The summed E-state index contributed by atoms with van der Waals surface area (Å²) in [5.41, 5.74) is 4.08. The molecular weight excluding hydrogens is 454 g/mol. The molecule has 4 rings (SSSR count). The Hall–Kier alpha value is -2.22. The van der Waals surface area contributed by atoms with Crippen molar-refractivity contribution in [2.75, 3.05) is 11.1 Å². The maximum atomic E-state index is 12.4. The number of nitrogens with zero attached hydrogens (tertiary/aromatic N) is 2. The first kappa shape index (κ1) is 19.1. The van der Waals surface area contributed by atoms with Gasteiger partial charge in [-0.1, -0.05) is 58.0 Å². The minimum atomic E-state index is -0.0496. The van der Waals surface area contributed by atoms with Crippen LogP contribution in [0, 0.1) is 6.92 Å². The van der Waals surface area contributed by atoms with E-state index in [0.717, 1.165) is 42.1 Å². The summed E-state index contributed by atoms with van der Waals surface area (Å²) in [6, 6.07) is 15.9. The quantitative estimate of drug-likeness (QED) is 0.280. The first-order valence-electron chi connectivity index (χ1n) is 8.58. The average molecular weight is 470 g/mol. The number of benzene rings is 2. The molecule has 0 aliphatic heterocycles. The molecule has 0 aliphatic carbocycles. The van der Waals surface area contributed by atoms with Crippen LogP contribution in [0.3, 0.4) is 0 Å². The highest BCUT2D eigenvalue weighted by molar-refractivity contribution is 9.10. The lowest BCUT2D eigenvalue weighted by Crippen LogP contribution is -2.14. The van der Waals surface area contributed by atoms with Crippen LogP contribution in [0.2, 0.25) is 0 Å². The Bertz CT molecular complexity index is 1140. The lowest BCUT2D eigenvalue weighted by molar-refractivity contribution is -0.113. The molecule has 0 radical (unpaired) electrons. The van der Waals surface area contributed by atoms with E-state index in [2.05, 4.69) is 48.7 Å². The molecule has 0 spiro atoms. The molecule has 0 fully saturated rings. The number of amides is 1. The Labute approximate surface area is 179 Å². The third-order valence-corrected chi connectivity index (χ3v) is 6.65. The van der Waals surface area contributed by atoms with Crippen molar-refractivity contribution in [2.45, 2.75) is 11.9 Å². The minimum Gasteiger partial charge on any atom is -0.325 e. The number of hydrogen-bond acceptors (Lipinski definition) is 5. The highest BCUT2D eigenvalue weighted by Gasteiger charge is 2.15. The van der Waals surface area contributed by atoms with Gasteiger partial charge in [0.05, 0.1) is 11.1 Å². The van der Waals surface area contributed by atoms with Gasteiger partial charge in [-0.3, -0.25) is 4.79 Å². The zero-order chi connectivity index (χ0) is 19.5. The standard InChI is InChI=1S/C21H16BrN3OS2/c1-13-4-2-3-5-17(13)25-18(26)11-28-21-19-16(10-27-20(19)23-12-24-21)14-6-8-15(22)9-7-14/h2-10,12H,11H2,1H3,(H,25,26). The van der Waals surface area contributed by atoms with Crippen LogP contribution < -0.4 is 5.32 Å². The predicted molar refractivity (Wildman–Crippen MR) is 121 cm³/mol. The molecular formula is C21H16BrN3OS2. The van der Waals surface area contributed by atoms with Gasteiger partial charge in [0.25, 0.3) is 0 Å². The van der Waals surface area contributed by atoms with Crippen molar-refractivity contribution in [3.63, 3.8) is 0 Å². The summed E-state index contributed by atoms with van der Waals surface area (Å²) >= 11 is 6.50. The summed E-state index contributed by atoms with van der Waals surface area (Å²) in [6.45, 7) is 1.98. The van der Waals surface area contributed by atoms with Gasteiger partial charge in [0.2, 0.25) is 5.91 Å². The van der Waals surface area contributed by atoms with Gasteiger partial charge in [-0.25, -0.2) is 9.97 Å². The Kier molecular flexibility index (Phi) is 5.75. The SMILES string of the molecule is Cc1ccccc1NC(=O)CSc1ncnc2scc(-c3ccc(Br)cc3)c12. The molecule has 0 unspecified atom stereocenters. The second kappa shape index (κ2) is 8.43. The van der Waals surface area contributed by atoms with Crippen molar-refractivity contribution in [2.24, 2.45) is 0 Å². The lowest BCUT2D eigenvalue weighted by atomic mass is 10.1. The van der Waals surface area contributed by atoms with E-state index < -0.39 is 0 Å². The van der Waals surface area contributed by atoms with Gasteiger partial charge in [0.15, 0.2) is 0 Å². The summed E-state index contributed by atoms with van der Waals surface area (Å²) in [4.78, 5) is 22.2. The zero-order valence-electron chi connectivity index (χ0n) is 15.0. The Morgan fingerprint density at radius 2 is 1.93 bits per heavy atom. The van der Waals surface area contributed by atoms with Gasteiger partial charge >= 0.3 is 0 Å². The van der Waals surface area contributed by atoms with Crippen molar-refractivity contribution in [1.29, 1.82) is 0 Å². The van der Waals surface area contributed by atoms with Crippen molar-refractivity contribution < 1.29 is 4.79 Å². The lowest BCUT2D eigenvalue weighted by Gasteiger charge is -2.08. The van der Waals surface area contributed by atoms with Crippen LogP contribution in [0.15, 0.2) is 69.7 Å². The molecule has 7 heteroatoms. The number of hydrogen-bond donors (Lipinski definition) is 1. The highest BCUT2D eigenvalue weighted by atomic mass is 79.9. The number of fused-ring (bicyclic) bond motifs is 1. The molecule has 4 aromatic rings. The molecule has 4 nitrogen and oxygen atoms in total. The molecule has 1 amide bonds. The van der Waals surface area contributed by atoms with E-state index in [-0.39, 0.29) is 11.7 Å². The van der Waals surface area contributed by atoms with E-state index in [0.29, 0.717) is 0 Å². The third-order valence-electron chi connectivity index (χ3n) is 4.25. The van der Waals surface area contributed by atoms with Gasteiger partial charge in [-0.05, 0) is 36.2 Å². The molecule has 140 valence electrons. The summed E-state index contributed by atoms with van der Waals surface area (Å²) in [7, 11) is 0. The number of nitrogens with one attached hydrogen (secondary N) is 1. The van der Waals surface area contributed by atoms with Crippen molar-refractivity contribution in [1.82, 2.24) is 9.97 Å². The van der Waals surface area contributed by atoms with E-state index in [4.69, 9.17) is 0 Å². The average Bonchev–Trinajstić information content (AvgIpc) is 3.13. The van der Waals surface area contributed by atoms with E-state index >= 15 is 0 Å². The molecule has 0 aliphatic rings. The largest absolute Gasteiger partial charge is 0.325 e. The molecule has 0 saturated heterocycles. The van der Waals surface area contributed by atoms with Gasteiger partial charge in [-0.2, -0.15) is 0 Å². The van der Waals surface area contributed by atoms with Crippen molar-refractivity contribution >= 4 is 60.8 Å². The molecule has 0 saturated carbocycles. The second-order valence-corrected chi connectivity index (χ2v) is 8.90. The number of halogens is 1. The van der Waals surface area contributed by atoms with Gasteiger partial charge in [-0.15, -0.1) is 11.3 Å². The Morgan fingerprint density at radius 1 is 1.14 bits per heavy atom. The summed E-state index contributed by atoms with van der Waals surface area (Å²) < 4.78 is 1.04. The van der Waals surface area contributed by atoms with Crippen LogP contribution in [0.5, 0.6) is 0 Å². The number of aryl methyl sites for hydroxylation is 1. The second-order valence-electron chi connectivity index (χ2n) is 6.17. The number of para-hydroxylation sites is 1. The molecule has 2 heterocycles. The topological polar surface area (TPSA) is 54.9 Å². The normalized spacial score (nSPS) is 10.9. The number of carbonyl (C=O) groups is 1. The fraction of sp³-hybridized carbons (Fsp3) is 0.0952. The van der Waals surface area contributed by atoms with Crippen LogP contribution in [0.1, 0.15) is 5.56 Å². The van der Waals surface area contributed by atoms with Crippen LogP contribution in [-0.4, -0.2) is 21.6 Å². The highest BCUT2D eigenvalue weighted by Crippen LogP contribution is 2.38. The number of thioether (sulfide) groups is 1. The van der Waals surface area contributed by atoms with E-state index in [1.807, 2.05) is 43.3 Å². The summed E-state index contributed by atoms with van der Waals surface area (Å²) in [6.07, 6.45) is 1.56. The van der Waals surface area contributed by atoms with E-state index in [9.17, 15) is 4.79 Å². The van der Waals surface area contributed by atoms with Crippen LogP contribution >= 0.6 is 39.0 Å². The van der Waals surface area contributed by atoms with Crippen LogP contribution in [-0.2, 0) is 4.79 Å². The molecule has 1 N–H and O–H groups in total. The zero-order valence-corrected chi connectivity index (χ0v) is 18.2. The Balaban J connectivity index is 1.57. The maximum absolute atomic E-state index is 12.4. The van der Waals surface area contributed by atoms with Crippen LogP contribution in [0.25, 0.3) is 21.3 Å². The fourth-order valence-corrected chi connectivity index (χ4v) is 4.89. The first-order valence-corrected chi connectivity index (χ1v) is 11.2. The number of carbonyl (C=O) groups excluding carboxylic acids is 1. The molecule has 0 bridgehead atoms. The predicted octanol–water partition coefficient (Wildman–Crippen LogP) is 6.16. The first-order chi connectivity index (χ1) is 13.6. The molecule has 2 aromatic carbocycles. The molecule has 28 heavy (non-hydrogen) atoms. The molecule has 0 atom stereocenters. The summed E-state index contributed by atoms with van der Waals surface area (Å²) in [5.74, 6) is 0.238. The monoisotopic (exact) mass is 469 g/mol. The van der Waals surface area contributed by atoms with Crippen molar-refractivity contribution in [3.8, 4) is 11.1 Å². The summed E-state index contributed by atoms with van der Waals surface area (Å²) in [5, 5.41) is 6.89. The van der Waals surface area contributed by atoms with Crippen molar-refractivity contribution in [3.05, 3.63) is 70.3 Å². The van der Waals surface area contributed by atoms with E-state index in [1.54, 1.807) is 17.7 Å². The van der Waals surface area contributed by atoms with E-state index in [1.165, 1.54) is 11.8 Å². The molecule has 2 aromatic heterocycles. The number of anilines is 1. The maximum Gasteiger partial charge on any atom is 0.234 e. The fourth-order valence-electron chi connectivity index (χ4n) is 2.83. The number of rotatable bonds is 5. The Morgan fingerprint density at radius 3 is 2.71 bits per heavy atom. The van der Waals surface area contributed by atoms with Crippen LogP contribution in [0.4, 0.5) is 5.69 Å². The minimum absolute atomic E-state index is 0.0496.